The molecule has 0 heterocycles. The molecule has 0 saturated heterocycles. The fraction of sp³-hybridized carbons (Fsp3) is 0.176. The van der Waals surface area contributed by atoms with Crippen LogP contribution in [-0.2, 0) is 5.33 Å². The number of benzene rings is 2. The van der Waals surface area contributed by atoms with Crippen LogP contribution >= 0.6 is 15.9 Å². The van der Waals surface area contributed by atoms with Crippen molar-refractivity contribution in [3.63, 3.8) is 0 Å². The van der Waals surface area contributed by atoms with Crippen LogP contribution in [0.25, 0.3) is 0 Å². The Hall–Kier alpha value is -1.72. The highest BCUT2D eigenvalue weighted by atomic mass is 79.9. The summed E-state index contributed by atoms with van der Waals surface area (Å²) < 4.78 is 0. The van der Waals surface area contributed by atoms with Crippen molar-refractivity contribution in [1.29, 1.82) is 0 Å². The van der Waals surface area contributed by atoms with Gasteiger partial charge in [-0.2, -0.15) is 0 Å². The molecule has 0 spiro atoms. The Morgan fingerprint density at radius 1 is 0.842 bits per heavy atom. The van der Waals surface area contributed by atoms with E-state index in [0.717, 1.165) is 16.5 Å². The van der Waals surface area contributed by atoms with Crippen LogP contribution in [0.2, 0.25) is 0 Å². The Kier molecular flexibility index (Phi) is 4.65. The quantitative estimate of drug-likeness (QED) is 0.597. The maximum atomic E-state index is 3.44. The van der Waals surface area contributed by atoms with Crippen LogP contribution in [0.3, 0.4) is 0 Å². The summed E-state index contributed by atoms with van der Waals surface area (Å²) in [6.45, 7) is 0. The third-order valence-corrected chi connectivity index (χ3v) is 3.49. The van der Waals surface area contributed by atoms with E-state index < -0.39 is 0 Å². The van der Waals surface area contributed by atoms with Crippen LogP contribution in [0.1, 0.15) is 16.7 Å². The minimum absolute atomic E-state index is 0.882. The third kappa shape index (κ3) is 3.87. The van der Waals surface area contributed by atoms with Gasteiger partial charge in [0, 0.05) is 36.2 Å². The Bertz CT molecular complexity index is 586. The molecule has 0 amide bonds. The van der Waals surface area contributed by atoms with Gasteiger partial charge < -0.3 is 4.90 Å². The number of alkyl halides is 1. The maximum Gasteiger partial charge on any atom is 0.0361 e. The summed E-state index contributed by atoms with van der Waals surface area (Å²) >= 11 is 3.44. The topological polar surface area (TPSA) is 3.24 Å². The summed E-state index contributed by atoms with van der Waals surface area (Å²) in [7, 11) is 4.07. The van der Waals surface area contributed by atoms with Gasteiger partial charge in [0.1, 0.15) is 0 Å². The molecule has 0 aliphatic rings. The Labute approximate surface area is 123 Å². The molecule has 0 aromatic heterocycles. The van der Waals surface area contributed by atoms with Crippen molar-refractivity contribution < 1.29 is 0 Å². The normalized spacial score (nSPS) is 9.63. The standard InChI is InChI=1S/C17H16BrN/c1-19(2)17-11-9-15(10-12-17)4-3-14-5-7-16(13-18)8-6-14/h5-12H,13H2,1-2H3. The van der Waals surface area contributed by atoms with E-state index in [0.29, 0.717) is 0 Å². The van der Waals surface area contributed by atoms with E-state index in [1.165, 1.54) is 11.3 Å². The van der Waals surface area contributed by atoms with Gasteiger partial charge in [-0.25, -0.2) is 0 Å². The van der Waals surface area contributed by atoms with Crippen molar-refractivity contribution in [1.82, 2.24) is 0 Å². The molecule has 0 aliphatic carbocycles. The number of anilines is 1. The zero-order valence-corrected chi connectivity index (χ0v) is 12.7. The molecule has 96 valence electrons. The molecule has 2 rings (SSSR count). The lowest BCUT2D eigenvalue weighted by Crippen LogP contribution is -2.07. The zero-order chi connectivity index (χ0) is 13.7. The van der Waals surface area contributed by atoms with E-state index in [1.807, 2.05) is 14.1 Å². The van der Waals surface area contributed by atoms with Gasteiger partial charge in [0.2, 0.25) is 0 Å². The molecular weight excluding hydrogens is 298 g/mol. The Balaban J connectivity index is 2.14. The third-order valence-electron chi connectivity index (χ3n) is 2.84. The number of rotatable bonds is 2. The van der Waals surface area contributed by atoms with Gasteiger partial charge in [0.15, 0.2) is 0 Å². The van der Waals surface area contributed by atoms with Crippen molar-refractivity contribution in [3.8, 4) is 11.8 Å². The molecular formula is C17H16BrN. The number of hydrogen-bond acceptors (Lipinski definition) is 1. The second-order valence-electron chi connectivity index (χ2n) is 4.52. The van der Waals surface area contributed by atoms with Crippen LogP contribution in [0.4, 0.5) is 5.69 Å². The van der Waals surface area contributed by atoms with Crippen molar-refractivity contribution in [2.24, 2.45) is 0 Å². The smallest absolute Gasteiger partial charge is 0.0361 e. The van der Waals surface area contributed by atoms with E-state index in [4.69, 9.17) is 0 Å². The average Bonchev–Trinajstić information content (AvgIpc) is 2.46. The molecule has 0 fully saturated rings. The summed E-state index contributed by atoms with van der Waals surface area (Å²) in [6, 6.07) is 16.6. The van der Waals surface area contributed by atoms with Crippen LogP contribution in [0, 0.1) is 11.8 Å². The molecule has 0 bridgehead atoms. The van der Waals surface area contributed by atoms with Gasteiger partial charge >= 0.3 is 0 Å². The molecule has 0 N–H and O–H groups in total. The van der Waals surface area contributed by atoms with E-state index in [1.54, 1.807) is 0 Å². The molecule has 0 atom stereocenters. The predicted octanol–water partition coefficient (Wildman–Crippen LogP) is 4.05. The summed E-state index contributed by atoms with van der Waals surface area (Å²) in [4.78, 5) is 2.08. The second kappa shape index (κ2) is 6.45. The van der Waals surface area contributed by atoms with E-state index in [-0.39, 0.29) is 0 Å². The number of hydrogen-bond donors (Lipinski definition) is 0. The van der Waals surface area contributed by atoms with Gasteiger partial charge in [-0.1, -0.05) is 39.9 Å². The minimum atomic E-state index is 0.882. The molecule has 0 unspecified atom stereocenters. The van der Waals surface area contributed by atoms with Crippen LogP contribution in [-0.4, -0.2) is 14.1 Å². The van der Waals surface area contributed by atoms with Gasteiger partial charge in [-0.3, -0.25) is 0 Å². The first-order valence-corrected chi connectivity index (χ1v) is 7.25. The maximum absolute atomic E-state index is 3.44. The molecule has 0 aliphatic heterocycles. The average molecular weight is 314 g/mol. The molecule has 2 aromatic carbocycles. The second-order valence-corrected chi connectivity index (χ2v) is 5.08. The number of halogens is 1. The van der Waals surface area contributed by atoms with Crippen LogP contribution < -0.4 is 4.90 Å². The van der Waals surface area contributed by atoms with E-state index >= 15 is 0 Å². The lowest BCUT2D eigenvalue weighted by atomic mass is 10.1. The summed E-state index contributed by atoms with van der Waals surface area (Å²) in [5, 5.41) is 0.882. The first-order valence-electron chi connectivity index (χ1n) is 6.13. The minimum Gasteiger partial charge on any atom is -0.378 e. The molecule has 19 heavy (non-hydrogen) atoms. The van der Waals surface area contributed by atoms with E-state index in [9.17, 15) is 0 Å². The highest BCUT2D eigenvalue weighted by molar-refractivity contribution is 9.08. The van der Waals surface area contributed by atoms with Crippen molar-refractivity contribution >= 4 is 21.6 Å². The zero-order valence-electron chi connectivity index (χ0n) is 11.2. The summed E-state index contributed by atoms with van der Waals surface area (Å²) in [5.41, 5.74) is 4.53. The van der Waals surface area contributed by atoms with Gasteiger partial charge in [0.05, 0.1) is 0 Å². The van der Waals surface area contributed by atoms with Gasteiger partial charge in [-0.15, -0.1) is 0 Å². The fourth-order valence-electron chi connectivity index (χ4n) is 1.66. The molecule has 0 saturated carbocycles. The fourth-order valence-corrected chi connectivity index (χ4v) is 2.04. The highest BCUT2D eigenvalue weighted by Gasteiger charge is 1.94. The predicted molar refractivity (Wildman–Crippen MR) is 85.8 cm³/mol. The number of nitrogens with zero attached hydrogens (tertiary/aromatic N) is 1. The lowest BCUT2D eigenvalue weighted by molar-refractivity contribution is 1.13. The first kappa shape index (κ1) is 13.7. The van der Waals surface area contributed by atoms with Crippen molar-refractivity contribution in [2.45, 2.75) is 5.33 Å². The van der Waals surface area contributed by atoms with E-state index in [2.05, 4.69) is 81.2 Å². The summed E-state index contributed by atoms with van der Waals surface area (Å²) in [5.74, 6) is 6.37. The highest BCUT2D eigenvalue weighted by Crippen LogP contribution is 2.12. The monoisotopic (exact) mass is 313 g/mol. The first-order chi connectivity index (χ1) is 9.19. The van der Waals surface area contributed by atoms with Crippen LogP contribution in [0.15, 0.2) is 48.5 Å². The largest absolute Gasteiger partial charge is 0.378 e. The Morgan fingerprint density at radius 2 is 1.32 bits per heavy atom. The van der Waals surface area contributed by atoms with Crippen molar-refractivity contribution in [2.75, 3.05) is 19.0 Å². The van der Waals surface area contributed by atoms with Gasteiger partial charge in [0.25, 0.3) is 0 Å². The van der Waals surface area contributed by atoms with Gasteiger partial charge in [-0.05, 0) is 42.0 Å². The SMILES string of the molecule is CN(C)c1ccc(C#Cc2ccc(CBr)cc2)cc1. The van der Waals surface area contributed by atoms with Crippen LogP contribution in [0.5, 0.6) is 0 Å². The molecule has 0 radical (unpaired) electrons. The molecule has 2 heteroatoms. The molecule has 1 nitrogen and oxygen atoms in total. The van der Waals surface area contributed by atoms with Crippen molar-refractivity contribution in [3.05, 3.63) is 65.2 Å². The lowest BCUT2D eigenvalue weighted by Gasteiger charge is -2.11. The molecule has 2 aromatic rings. The summed E-state index contributed by atoms with van der Waals surface area (Å²) in [6.07, 6.45) is 0. The Morgan fingerprint density at radius 3 is 1.74 bits per heavy atom.